The van der Waals surface area contributed by atoms with E-state index in [4.69, 9.17) is 9.15 Å². The molecule has 2 aromatic rings. The zero-order chi connectivity index (χ0) is 19.0. The first-order chi connectivity index (χ1) is 12.4. The van der Waals surface area contributed by atoms with Crippen LogP contribution in [-0.4, -0.2) is 30.6 Å². The minimum absolute atomic E-state index is 0.0510. The highest BCUT2D eigenvalue weighted by Crippen LogP contribution is 2.22. The molecular weight excluding hydrogens is 328 g/mol. The first-order valence-electron chi connectivity index (χ1n) is 9.06. The number of oxazole rings is 1. The second-order valence-corrected chi connectivity index (χ2v) is 7.10. The van der Waals surface area contributed by atoms with Crippen molar-refractivity contribution in [2.75, 3.05) is 19.7 Å². The monoisotopic (exact) mass is 358 g/mol. The van der Waals surface area contributed by atoms with Gasteiger partial charge in [0, 0.05) is 12.0 Å². The lowest BCUT2D eigenvalue weighted by atomic mass is 9.94. The average Bonchev–Trinajstić information content (AvgIpc) is 3.07. The summed E-state index contributed by atoms with van der Waals surface area (Å²) in [5.41, 5.74) is 1.08. The molecular formula is C20H30N4O2. The van der Waals surface area contributed by atoms with Gasteiger partial charge >= 0.3 is 0 Å². The largest absolute Gasteiger partial charge is 0.491 e. The molecule has 6 nitrogen and oxygen atoms in total. The number of para-hydroxylation sites is 1. The lowest BCUT2D eigenvalue weighted by molar-refractivity contribution is 0.319. The van der Waals surface area contributed by atoms with Gasteiger partial charge in [0.15, 0.2) is 5.96 Å². The number of guanidine groups is 1. The number of rotatable bonds is 7. The van der Waals surface area contributed by atoms with Crippen LogP contribution in [0.1, 0.15) is 44.9 Å². The summed E-state index contributed by atoms with van der Waals surface area (Å²) in [5.74, 6) is 3.11. The van der Waals surface area contributed by atoms with Crippen LogP contribution in [0, 0.1) is 6.92 Å². The molecule has 26 heavy (non-hydrogen) atoms. The Balaban J connectivity index is 1.84. The first kappa shape index (κ1) is 19.8. The van der Waals surface area contributed by atoms with Crippen molar-refractivity contribution in [3.8, 4) is 5.75 Å². The molecule has 0 fully saturated rings. The number of aliphatic imine (C=N–C) groups is 1. The molecule has 0 spiro atoms. The number of benzene rings is 1. The summed E-state index contributed by atoms with van der Waals surface area (Å²) in [6.07, 6.45) is 1.78. The summed E-state index contributed by atoms with van der Waals surface area (Å²) in [6, 6.07) is 7.99. The van der Waals surface area contributed by atoms with Crippen molar-refractivity contribution in [3.05, 3.63) is 47.7 Å². The van der Waals surface area contributed by atoms with Crippen molar-refractivity contribution in [1.82, 2.24) is 15.6 Å². The maximum atomic E-state index is 5.79. The third kappa shape index (κ3) is 6.10. The van der Waals surface area contributed by atoms with Gasteiger partial charge < -0.3 is 19.8 Å². The molecule has 0 aliphatic heterocycles. The highest BCUT2D eigenvalue weighted by atomic mass is 16.5. The molecule has 1 aromatic heterocycles. The van der Waals surface area contributed by atoms with E-state index in [-0.39, 0.29) is 5.41 Å². The third-order valence-corrected chi connectivity index (χ3v) is 3.76. The standard InChI is InChI=1S/C20H30N4O2/c1-6-21-19(22-11-12-25-16-10-8-7-9-15(16)2)24-14-18-23-13-17(26-18)20(3,4)5/h7-10,13H,6,11-12,14H2,1-5H3,(H2,21,22,24). The van der Waals surface area contributed by atoms with E-state index in [1.165, 1.54) is 0 Å². The van der Waals surface area contributed by atoms with E-state index < -0.39 is 0 Å². The van der Waals surface area contributed by atoms with Crippen LogP contribution in [0.15, 0.2) is 39.9 Å². The molecule has 2 N–H and O–H groups in total. The van der Waals surface area contributed by atoms with Gasteiger partial charge in [-0.2, -0.15) is 0 Å². The average molecular weight is 358 g/mol. The summed E-state index contributed by atoms with van der Waals surface area (Å²) in [4.78, 5) is 8.83. The molecule has 0 atom stereocenters. The molecule has 0 saturated carbocycles. The van der Waals surface area contributed by atoms with Gasteiger partial charge in [-0.25, -0.2) is 9.98 Å². The lowest BCUT2D eigenvalue weighted by Gasteiger charge is -2.13. The van der Waals surface area contributed by atoms with E-state index in [1.807, 2.05) is 38.1 Å². The quantitative estimate of drug-likeness (QED) is 0.451. The van der Waals surface area contributed by atoms with Crippen LogP contribution in [0.3, 0.4) is 0 Å². The van der Waals surface area contributed by atoms with E-state index in [0.717, 1.165) is 29.6 Å². The van der Waals surface area contributed by atoms with Crippen molar-refractivity contribution in [1.29, 1.82) is 0 Å². The molecule has 2 rings (SSSR count). The van der Waals surface area contributed by atoms with Crippen LogP contribution in [-0.2, 0) is 12.0 Å². The number of aryl methyl sites for hydroxylation is 1. The predicted octanol–water partition coefficient (Wildman–Crippen LogP) is 3.41. The summed E-state index contributed by atoms with van der Waals surface area (Å²) >= 11 is 0. The maximum absolute atomic E-state index is 5.79. The molecule has 0 bridgehead atoms. The number of ether oxygens (including phenoxy) is 1. The zero-order valence-electron chi connectivity index (χ0n) is 16.4. The van der Waals surface area contributed by atoms with Gasteiger partial charge in [0.2, 0.25) is 5.89 Å². The lowest BCUT2D eigenvalue weighted by Crippen LogP contribution is -2.39. The van der Waals surface area contributed by atoms with Gasteiger partial charge in [-0.3, -0.25) is 0 Å². The Morgan fingerprint density at radius 1 is 1.23 bits per heavy atom. The van der Waals surface area contributed by atoms with Crippen molar-refractivity contribution in [3.63, 3.8) is 0 Å². The summed E-state index contributed by atoms with van der Waals surface area (Å²) in [6.45, 7) is 12.7. The topological polar surface area (TPSA) is 71.7 Å². The van der Waals surface area contributed by atoms with E-state index in [9.17, 15) is 0 Å². The summed E-state index contributed by atoms with van der Waals surface area (Å²) in [5, 5.41) is 6.48. The fraction of sp³-hybridized carbons (Fsp3) is 0.500. The Hall–Kier alpha value is -2.50. The Labute approximate surface area is 156 Å². The molecule has 0 aliphatic carbocycles. The van der Waals surface area contributed by atoms with Crippen LogP contribution in [0.5, 0.6) is 5.75 Å². The number of nitrogens with one attached hydrogen (secondary N) is 2. The molecule has 1 heterocycles. The van der Waals surface area contributed by atoms with Crippen molar-refractivity contribution < 1.29 is 9.15 Å². The first-order valence-corrected chi connectivity index (χ1v) is 9.06. The highest BCUT2D eigenvalue weighted by molar-refractivity contribution is 5.79. The molecule has 0 aliphatic rings. The second-order valence-electron chi connectivity index (χ2n) is 7.10. The van der Waals surface area contributed by atoms with Crippen molar-refractivity contribution >= 4 is 5.96 Å². The number of hydrogen-bond donors (Lipinski definition) is 2. The second kappa shape index (κ2) is 9.27. The number of aromatic nitrogens is 1. The molecule has 0 amide bonds. The van der Waals surface area contributed by atoms with Crippen LogP contribution in [0.25, 0.3) is 0 Å². The molecule has 0 radical (unpaired) electrons. The number of nitrogens with zero attached hydrogens (tertiary/aromatic N) is 2. The SMILES string of the molecule is CCNC(=NCc1ncc(C(C)(C)C)o1)NCCOc1ccccc1C. The molecule has 1 aromatic carbocycles. The highest BCUT2D eigenvalue weighted by Gasteiger charge is 2.18. The summed E-state index contributed by atoms with van der Waals surface area (Å²) in [7, 11) is 0. The van der Waals surface area contributed by atoms with Gasteiger partial charge in [-0.15, -0.1) is 0 Å². The smallest absolute Gasteiger partial charge is 0.216 e. The van der Waals surface area contributed by atoms with Gasteiger partial charge in [-0.1, -0.05) is 39.0 Å². The minimum Gasteiger partial charge on any atom is -0.491 e. The zero-order valence-corrected chi connectivity index (χ0v) is 16.4. The fourth-order valence-electron chi connectivity index (χ4n) is 2.27. The fourth-order valence-corrected chi connectivity index (χ4v) is 2.27. The van der Waals surface area contributed by atoms with Gasteiger partial charge in [0.05, 0.1) is 12.7 Å². The van der Waals surface area contributed by atoms with Crippen molar-refractivity contribution in [2.45, 2.75) is 46.6 Å². The van der Waals surface area contributed by atoms with Crippen LogP contribution < -0.4 is 15.4 Å². The molecule has 6 heteroatoms. The Morgan fingerprint density at radius 2 is 2.00 bits per heavy atom. The Kier molecular flexibility index (Phi) is 7.06. The molecule has 0 unspecified atom stereocenters. The summed E-state index contributed by atoms with van der Waals surface area (Å²) < 4.78 is 11.6. The van der Waals surface area contributed by atoms with Crippen LogP contribution in [0.4, 0.5) is 0 Å². The predicted molar refractivity (Wildman–Crippen MR) is 105 cm³/mol. The maximum Gasteiger partial charge on any atom is 0.216 e. The Morgan fingerprint density at radius 3 is 2.65 bits per heavy atom. The van der Waals surface area contributed by atoms with Gasteiger partial charge in [-0.05, 0) is 25.5 Å². The van der Waals surface area contributed by atoms with Crippen LogP contribution in [0.2, 0.25) is 0 Å². The van der Waals surface area contributed by atoms with Crippen molar-refractivity contribution in [2.24, 2.45) is 4.99 Å². The third-order valence-electron chi connectivity index (χ3n) is 3.76. The molecule has 142 valence electrons. The normalized spacial score (nSPS) is 12.1. The van der Waals surface area contributed by atoms with E-state index in [2.05, 4.69) is 41.4 Å². The van der Waals surface area contributed by atoms with Gasteiger partial charge in [0.1, 0.15) is 24.7 Å². The minimum atomic E-state index is -0.0510. The van der Waals surface area contributed by atoms with E-state index >= 15 is 0 Å². The van der Waals surface area contributed by atoms with Crippen LogP contribution >= 0.6 is 0 Å². The number of hydrogen-bond acceptors (Lipinski definition) is 4. The Bertz CT molecular complexity index is 717. The molecule has 0 saturated heterocycles. The van der Waals surface area contributed by atoms with E-state index in [1.54, 1.807) is 6.20 Å². The van der Waals surface area contributed by atoms with Gasteiger partial charge in [0.25, 0.3) is 0 Å². The van der Waals surface area contributed by atoms with E-state index in [0.29, 0.717) is 25.6 Å².